The van der Waals surface area contributed by atoms with Gasteiger partial charge in [-0.3, -0.25) is 4.99 Å². The van der Waals surface area contributed by atoms with Gasteiger partial charge in [0.1, 0.15) is 6.10 Å². The fourth-order valence-electron chi connectivity index (χ4n) is 3.09. The number of hydrogen-bond acceptors (Lipinski definition) is 4. The average Bonchev–Trinajstić information content (AvgIpc) is 2.69. The molecule has 0 aromatic heterocycles. The van der Waals surface area contributed by atoms with Gasteiger partial charge in [-0.15, -0.1) is 24.0 Å². The molecule has 0 saturated carbocycles. The lowest BCUT2D eigenvalue weighted by atomic mass is 9.99. The lowest BCUT2D eigenvalue weighted by Crippen LogP contribution is -2.49. The smallest absolute Gasteiger partial charge is 0.191 e. The first-order valence-corrected chi connectivity index (χ1v) is 10.7. The summed E-state index contributed by atoms with van der Waals surface area (Å²) in [6.45, 7) is 7.25. The molecule has 28 heavy (non-hydrogen) atoms. The largest absolute Gasteiger partial charge is 0.486 e. The van der Waals surface area contributed by atoms with Crippen molar-refractivity contribution in [2.45, 2.75) is 44.0 Å². The third-order valence-corrected chi connectivity index (χ3v) is 6.19. The maximum absolute atomic E-state index is 13.8. The standard InChI is InChI=1S/C20H32FN3O2S.HI/c1-4-16(26-18-9-7-6-8-17(18)21)14-23-19(22-3)24-15-20(27-5-2)10-12-25-13-11-20;/h6-9,16H,4-5,10-15H2,1-3H3,(H2,22,23,24);1H. The van der Waals surface area contributed by atoms with Crippen LogP contribution in [0.3, 0.4) is 0 Å². The summed E-state index contributed by atoms with van der Waals surface area (Å²) in [6, 6.07) is 6.50. The number of nitrogens with zero attached hydrogens (tertiary/aromatic N) is 1. The summed E-state index contributed by atoms with van der Waals surface area (Å²) in [4.78, 5) is 4.32. The SMILES string of the molecule is CCSC1(CNC(=NC)NCC(CC)Oc2ccccc2F)CCOCC1.I. The van der Waals surface area contributed by atoms with Crippen LogP contribution in [0.25, 0.3) is 0 Å². The lowest BCUT2D eigenvalue weighted by molar-refractivity contribution is 0.0782. The average molecular weight is 525 g/mol. The van der Waals surface area contributed by atoms with Gasteiger partial charge in [0.25, 0.3) is 0 Å². The Hall–Kier alpha value is -0.740. The van der Waals surface area contributed by atoms with Gasteiger partial charge in [-0.2, -0.15) is 11.8 Å². The van der Waals surface area contributed by atoms with Gasteiger partial charge < -0.3 is 20.1 Å². The van der Waals surface area contributed by atoms with E-state index in [0.29, 0.717) is 6.54 Å². The molecule has 1 heterocycles. The number of rotatable bonds is 9. The Bertz CT molecular complexity index is 595. The van der Waals surface area contributed by atoms with Gasteiger partial charge in [0.2, 0.25) is 0 Å². The zero-order valence-corrected chi connectivity index (χ0v) is 20.1. The van der Waals surface area contributed by atoms with Crippen LogP contribution >= 0.6 is 35.7 Å². The molecule has 0 aliphatic carbocycles. The summed E-state index contributed by atoms with van der Waals surface area (Å²) < 4.78 is 25.3. The fraction of sp³-hybridized carbons (Fsp3) is 0.650. The van der Waals surface area contributed by atoms with E-state index in [0.717, 1.165) is 50.7 Å². The molecule has 0 bridgehead atoms. The van der Waals surface area contributed by atoms with Crippen LogP contribution in [-0.2, 0) is 4.74 Å². The van der Waals surface area contributed by atoms with E-state index in [1.807, 2.05) is 18.7 Å². The Morgan fingerprint density at radius 2 is 2.00 bits per heavy atom. The zero-order valence-electron chi connectivity index (χ0n) is 17.0. The Kier molecular flexibility index (Phi) is 12.2. The third-order valence-electron chi connectivity index (χ3n) is 4.74. The number of nitrogens with one attached hydrogen (secondary N) is 2. The van der Waals surface area contributed by atoms with E-state index in [9.17, 15) is 4.39 Å². The van der Waals surface area contributed by atoms with Crippen LogP contribution in [0.5, 0.6) is 5.75 Å². The van der Waals surface area contributed by atoms with E-state index in [1.54, 1.807) is 25.2 Å². The Morgan fingerprint density at radius 3 is 2.61 bits per heavy atom. The van der Waals surface area contributed by atoms with Crippen LogP contribution in [0.4, 0.5) is 4.39 Å². The molecule has 1 aromatic rings. The topological polar surface area (TPSA) is 54.9 Å². The van der Waals surface area contributed by atoms with Crippen LogP contribution in [0.15, 0.2) is 29.3 Å². The number of aliphatic imine (C=N–C) groups is 1. The molecular weight excluding hydrogens is 492 g/mol. The fourth-order valence-corrected chi connectivity index (χ4v) is 4.33. The van der Waals surface area contributed by atoms with Crippen molar-refractivity contribution >= 4 is 41.7 Å². The van der Waals surface area contributed by atoms with Gasteiger partial charge in [-0.25, -0.2) is 4.39 Å². The minimum Gasteiger partial charge on any atom is -0.486 e. The molecule has 160 valence electrons. The summed E-state index contributed by atoms with van der Waals surface area (Å²) in [5, 5.41) is 6.76. The van der Waals surface area contributed by atoms with Crippen molar-refractivity contribution < 1.29 is 13.9 Å². The van der Waals surface area contributed by atoms with Gasteiger partial charge in [-0.05, 0) is 37.1 Å². The predicted octanol–water partition coefficient (Wildman–Crippen LogP) is 4.07. The molecule has 8 heteroatoms. The van der Waals surface area contributed by atoms with Crippen molar-refractivity contribution in [3.63, 3.8) is 0 Å². The number of benzene rings is 1. The van der Waals surface area contributed by atoms with Crippen LogP contribution in [0, 0.1) is 5.82 Å². The highest BCUT2D eigenvalue weighted by Gasteiger charge is 2.32. The van der Waals surface area contributed by atoms with Gasteiger partial charge in [0.05, 0.1) is 6.54 Å². The summed E-state index contributed by atoms with van der Waals surface area (Å²) in [6.07, 6.45) is 2.72. The monoisotopic (exact) mass is 525 g/mol. The van der Waals surface area contributed by atoms with E-state index in [1.165, 1.54) is 6.07 Å². The van der Waals surface area contributed by atoms with Gasteiger partial charge >= 0.3 is 0 Å². The molecule has 1 atom stereocenters. The molecule has 0 spiro atoms. The second-order valence-corrected chi connectivity index (χ2v) is 8.35. The van der Waals surface area contributed by atoms with E-state index >= 15 is 0 Å². The molecular formula is C20H33FIN3O2S. The summed E-state index contributed by atoms with van der Waals surface area (Å²) in [5.41, 5.74) is 0. The van der Waals surface area contributed by atoms with Crippen molar-refractivity contribution in [2.75, 3.05) is 39.1 Å². The molecule has 1 aliphatic rings. The molecule has 2 rings (SSSR count). The Labute approximate surface area is 189 Å². The third kappa shape index (κ3) is 7.94. The normalized spacial score (nSPS) is 17.4. The maximum Gasteiger partial charge on any atom is 0.191 e. The van der Waals surface area contributed by atoms with E-state index in [-0.39, 0.29) is 46.4 Å². The second-order valence-electron chi connectivity index (χ2n) is 6.61. The van der Waals surface area contributed by atoms with Crippen LogP contribution in [0.2, 0.25) is 0 Å². The number of thioether (sulfide) groups is 1. The summed E-state index contributed by atoms with van der Waals surface area (Å²) in [7, 11) is 1.76. The first-order chi connectivity index (χ1) is 13.1. The minimum absolute atomic E-state index is 0. The Morgan fingerprint density at radius 1 is 1.29 bits per heavy atom. The van der Waals surface area contributed by atoms with E-state index in [4.69, 9.17) is 9.47 Å². The highest BCUT2D eigenvalue weighted by Crippen LogP contribution is 2.34. The second kappa shape index (κ2) is 13.5. The molecule has 0 amide bonds. The summed E-state index contributed by atoms with van der Waals surface area (Å²) in [5.74, 6) is 1.78. The Balaban J connectivity index is 0.00000392. The number of guanidine groups is 1. The maximum atomic E-state index is 13.8. The van der Waals surface area contributed by atoms with Crippen molar-refractivity contribution in [1.29, 1.82) is 0 Å². The molecule has 1 unspecified atom stereocenters. The molecule has 1 aromatic carbocycles. The summed E-state index contributed by atoms with van der Waals surface area (Å²) >= 11 is 1.99. The predicted molar refractivity (Wildman–Crippen MR) is 127 cm³/mol. The molecule has 1 saturated heterocycles. The molecule has 0 radical (unpaired) electrons. The van der Waals surface area contributed by atoms with Crippen LogP contribution in [0.1, 0.15) is 33.1 Å². The van der Waals surface area contributed by atoms with E-state index in [2.05, 4.69) is 22.5 Å². The molecule has 5 nitrogen and oxygen atoms in total. The zero-order chi connectivity index (χ0) is 19.5. The number of hydrogen-bond donors (Lipinski definition) is 2. The number of para-hydroxylation sites is 1. The highest BCUT2D eigenvalue weighted by molar-refractivity contribution is 14.0. The van der Waals surface area contributed by atoms with Crippen LogP contribution in [-0.4, -0.2) is 55.9 Å². The van der Waals surface area contributed by atoms with Crippen molar-refractivity contribution in [2.24, 2.45) is 4.99 Å². The van der Waals surface area contributed by atoms with Crippen molar-refractivity contribution in [3.8, 4) is 5.75 Å². The van der Waals surface area contributed by atoms with Crippen molar-refractivity contribution in [3.05, 3.63) is 30.1 Å². The first-order valence-electron chi connectivity index (χ1n) is 9.70. The van der Waals surface area contributed by atoms with Crippen molar-refractivity contribution in [1.82, 2.24) is 10.6 Å². The van der Waals surface area contributed by atoms with Gasteiger partial charge in [-0.1, -0.05) is 26.0 Å². The number of ether oxygens (including phenoxy) is 2. The van der Waals surface area contributed by atoms with E-state index < -0.39 is 0 Å². The number of halogens is 2. The molecule has 2 N–H and O–H groups in total. The molecule has 1 fully saturated rings. The highest BCUT2D eigenvalue weighted by atomic mass is 127. The van der Waals surface area contributed by atoms with Gasteiger partial charge in [0, 0.05) is 31.6 Å². The quantitative estimate of drug-likeness (QED) is 0.289. The van der Waals surface area contributed by atoms with Crippen LogP contribution < -0.4 is 15.4 Å². The lowest BCUT2D eigenvalue weighted by Gasteiger charge is -2.37. The first kappa shape index (κ1) is 25.3. The minimum atomic E-state index is -0.337. The molecule has 1 aliphatic heterocycles. The van der Waals surface area contributed by atoms with Gasteiger partial charge in [0.15, 0.2) is 17.5 Å².